The zero-order valence-corrected chi connectivity index (χ0v) is 7.99. The first-order chi connectivity index (χ1) is 6.68. The highest BCUT2D eigenvalue weighted by Gasteiger charge is 1.95. The molecule has 0 unspecified atom stereocenters. The molecular weight excluding hydrogens is 182 g/mol. The van der Waals surface area contributed by atoms with E-state index < -0.39 is 5.91 Å². The molecule has 1 aromatic heterocycles. The Balaban J connectivity index is 2.25. The Kier molecular flexibility index (Phi) is 4.03. The number of nitrogens with two attached hydrogens (primary N) is 1. The molecule has 1 rings (SSSR count). The Hall–Kier alpha value is -1.46. The van der Waals surface area contributed by atoms with Crippen LogP contribution in [0.2, 0.25) is 0 Å². The van der Waals surface area contributed by atoms with Gasteiger partial charge in [0.15, 0.2) is 0 Å². The predicted octanol–water partition coefficient (Wildman–Crippen LogP) is -0.103. The summed E-state index contributed by atoms with van der Waals surface area (Å²) in [7, 11) is 0. The number of primary amides is 1. The zero-order valence-electron chi connectivity index (χ0n) is 7.99. The van der Waals surface area contributed by atoms with E-state index in [0.717, 1.165) is 11.3 Å². The molecule has 1 aromatic rings. The van der Waals surface area contributed by atoms with Gasteiger partial charge in [-0.15, -0.1) is 0 Å². The third kappa shape index (κ3) is 3.97. The highest BCUT2D eigenvalue weighted by atomic mass is 16.6. The first-order valence-electron chi connectivity index (χ1n) is 4.23. The second-order valence-electron chi connectivity index (χ2n) is 2.88. The minimum absolute atomic E-state index is 0.126. The van der Waals surface area contributed by atoms with Gasteiger partial charge < -0.3 is 5.73 Å². The lowest BCUT2D eigenvalue weighted by Crippen LogP contribution is -2.24. The smallest absolute Gasteiger partial charge is 0.245 e. The van der Waals surface area contributed by atoms with Gasteiger partial charge in [0.2, 0.25) is 5.91 Å². The van der Waals surface area contributed by atoms with Crippen molar-refractivity contribution in [3.63, 3.8) is 0 Å². The maximum Gasteiger partial charge on any atom is 0.245 e. The monoisotopic (exact) mass is 195 g/mol. The topological polar surface area (TPSA) is 77.2 Å². The first-order valence-corrected chi connectivity index (χ1v) is 4.23. The van der Waals surface area contributed by atoms with E-state index in [1.807, 2.05) is 19.1 Å². The molecule has 76 valence electrons. The number of aryl methyl sites for hydroxylation is 1. The van der Waals surface area contributed by atoms with Gasteiger partial charge in [-0.3, -0.25) is 14.6 Å². The minimum atomic E-state index is -0.500. The van der Waals surface area contributed by atoms with Crippen LogP contribution in [0.5, 0.6) is 0 Å². The van der Waals surface area contributed by atoms with Crippen LogP contribution in [-0.2, 0) is 16.2 Å². The molecule has 5 heteroatoms. The molecule has 0 bridgehead atoms. The van der Waals surface area contributed by atoms with Gasteiger partial charge in [-0.1, -0.05) is 6.07 Å². The van der Waals surface area contributed by atoms with Gasteiger partial charge in [0.1, 0.15) is 6.61 Å². The third-order valence-corrected chi connectivity index (χ3v) is 1.57. The number of nitrogens with zero attached hydrogens (tertiary/aromatic N) is 1. The van der Waals surface area contributed by atoms with Crippen LogP contribution in [0.25, 0.3) is 0 Å². The molecule has 5 nitrogen and oxygen atoms in total. The summed E-state index contributed by atoms with van der Waals surface area (Å²) in [5.41, 5.74) is 9.44. The Labute approximate surface area is 82.2 Å². The molecule has 1 heterocycles. The summed E-state index contributed by atoms with van der Waals surface area (Å²) >= 11 is 0. The SMILES string of the molecule is Cc1ccc(CNOCC(N)=O)cn1. The molecule has 0 aliphatic rings. The van der Waals surface area contributed by atoms with Crippen LogP contribution in [-0.4, -0.2) is 17.5 Å². The molecule has 0 saturated carbocycles. The molecule has 0 radical (unpaired) electrons. The van der Waals surface area contributed by atoms with Crippen molar-refractivity contribution in [3.8, 4) is 0 Å². The minimum Gasteiger partial charge on any atom is -0.368 e. The van der Waals surface area contributed by atoms with Crippen molar-refractivity contribution in [2.45, 2.75) is 13.5 Å². The van der Waals surface area contributed by atoms with E-state index in [1.165, 1.54) is 0 Å². The highest BCUT2D eigenvalue weighted by Crippen LogP contribution is 1.98. The summed E-state index contributed by atoms with van der Waals surface area (Å²) in [4.78, 5) is 19.2. The number of aromatic nitrogens is 1. The molecule has 0 fully saturated rings. The number of carbonyl (C=O) groups excluding carboxylic acids is 1. The molecular formula is C9H13N3O2. The van der Waals surface area contributed by atoms with Crippen molar-refractivity contribution < 1.29 is 9.63 Å². The van der Waals surface area contributed by atoms with Crippen LogP contribution >= 0.6 is 0 Å². The molecule has 0 aliphatic carbocycles. The fourth-order valence-corrected chi connectivity index (χ4v) is 0.860. The number of hydroxylamine groups is 1. The number of rotatable bonds is 5. The summed E-state index contributed by atoms with van der Waals surface area (Å²) in [6, 6.07) is 3.84. The number of amides is 1. The lowest BCUT2D eigenvalue weighted by Gasteiger charge is -2.03. The molecule has 0 atom stereocenters. The summed E-state index contributed by atoms with van der Waals surface area (Å²) in [6.45, 7) is 2.29. The summed E-state index contributed by atoms with van der Waals surface area (Å²) in [5.74, 6) is -0.500. The van der Waals surface area contributed by atoms with Crippen molar-refractivity contribution in [2.24, 2.45) is 5.73 Å². The molecule has 0 aliphatic heterocycles. The molecule has 0 saturated heterocycles. The number of pyridine rings is 1. The summed E-state index contributed by atoms with van der Waals surface area (Å²) in [5, 5.41) is 0. The van der Waals surface area contributed by atoms with Crippen molar-refractivity contribution in [3.05, 3.63) is 29.6 Å². The normalized spacial score (nSPS) is 10.1. The van der Waals surface area contributed by atoms with Crippen LogP contribution in [0.1, 0.15) is 11.3 Å². The van der Waals surface area contributed by atoms with Crippen molar-refractivity contribution >= 4 is 5.91 Å². The largest absolute Gasteiger partial charge is 0.368 e. The maximum absolute atomic E-state index is 10.3. The first kappa shape index (κ1) is 10.6. The van der Waals surface area contributed by atoms with Crippen LogP contribution in [0.3, 0.4) is 0 Å². The fourth-order valence-electron chi connectivity index (χ4n) is 0.860. The Morgan fingerprint density at radius 3 is 3.00 bits per heavy atom. The van der Waals surface area contributed by atoms with E-state index in [-0.39, 0.29) is 6.61 Å². The van der Waals surface area contributed by atoms with Crippen LogP contribution in [0.4, 0.5) is 0 Å². The third-order valence-electron chi connectivity index (χ3n) is 1.57. The second kappa shape index (κ2) is 5.31. The van der Waals surface area contributed by atoms with Crippen molar-refractivity contribution in [1.29, 1.82) is 0 Å². The van der Waals surface area contributed by atoms with Crippen LogP contribution in [0, 0.1) is 6.92 Å². The quantitative estimate of drug-likeness (QED) is 0.508. The van der Waals surface area contributed by atoms with E-state index in [0.29, 0.717) is 6.54 Å². The number of hydrogen-bond acceptors (Lipinski definition) is 4. The average molecular weight is 195 g/mol. The van der Waals surface area contributed by atoms with E-state index in [2.05, 4.69) is 10.5 Å². The lowest BCUT2D eigenvalue weighted by atomic mass is 10.2. The van der Waals surface area contributed by atoms with Gasteiger partial charge >= 0.3 is 0 Å². The van der Waals surface area contributed by atoms with Crippen molar-refractivity contribution in [2.75, 3.05) is 6.61 Å². The molecule has 0 aromatic carbocycles. The van der Waals surface area contributed by atoms with Gasteiger partial charge in [-0.05, 0) is 18.6 Å². The summed E-state index contributed by atoms with van der Waals surface area (Å²) < 4.78 is 0. The maximum atomic E-state index is 10.3. The van der Waals surface area contributed by atoms with Crippen LogP contribution in [0.15, 0.2) is 18.3 Å². The highest BCUT2D eigenvalue weighted by molar-refractivity contribution is 5.74. The molecule has 14 heavy (non-hydrogen) atoms. The van der Waals surface area contributed by atoms with E-state index in [9.17, 15) is 4.79 Å². The molecule has 0 spiro atoms. The van der Waals surface area contributed by atoms with E-state index in [1.54, 1.807) is 6.20 Å². The van der Waals surface area contributed by atoms with Gasteiger partial charge in [0.25, 0.3) is 0 Å². The Morgan fingerprint density at radius 1 is 1.64 bits per heavy atom. The fraction of sp³-hybridized carbons (Fsp3) is 0.333. The molecule has 3 N–H and O–H groups in total. The second-order valence-corrected chi connectivity index (χ2v) is 2.88. The Morgan fingerprint density at radius 2 is 2.43 bits per heavy atom. The average Bonchev–Trinajstić information content (AvgIpc) is 2.15. The van der Waals surface area contributed by atoms with Gasteiger partial charge in [0.05, 0.1) is 0 Å². The zero-order chi connectivity index (χ0) is 10.4. The number of nitrogens with one attached hydrogen (secondary N) is 1. The van der Waals surface area contributed by atoms with Gasteiger partial charge in [-0.25, -0.2) is 0 Å². The number of carbonyl (C=O) groups is 1. The van der Waals surface area contributed by atoms with Gasteiger partial charge in [0, 0.05) is 18.4 Å². The van der Waals surface area contributed by atoms with Crippen molar-refractivity contribution in [1.82, 2.24) is 10.5 Å². The predicted molar refractivity (Wildman–Crippen MR) is 51.0 cm³/mol. The standard InChI is InChI=1S/C9H13N3O2/c1-7-2-3-8(4-11-7)5-12-14-6-9(10)13/h2-4,12H,5-6H2,1H3,(H2,10,13). The number of hydrogen-bond donors (Lipinski definition) is 2. The lowest BCUT2D eigenvalue weighted by molar-refractivity contribution is -0.125. The molecule has 1 amide bonds. The van der Waals surface area contributed by atoms with Gasteiger partial charge in [-0.2, -0.15) is 5.48 Å². The van der Waals surface area contributed by atoms with E-state index in [4.69, 9.17) is 10.6 Å². The van der Waals surface area contributed by atoms with Crippen LogP contribution < -0.4 is 11.2 Å². The van der Waals surface area contributed by atoms with E-state index >= 15 is 0 Å². The summed E-state index contributed by atoms with van der Waals surface area (Å²) in [6.07, 6.45) is 1.75. The Bertz CT molecular complexity index is 297.